The third kappa shape index (κ3) is 2.84. The van der Waals surface area contributed by atoms with Crippen LogP contribution in [0, 0.1) is 17.0 Å². The molecule has 2 heterocycles. The molecular weight excluding hydrogens is 346 g/mol. The van der Waals surface area contributed by atoms with Crippen molar-refractivity contribution in [2.45, 2.75) is 25.5 Å². The smallest absolute Gasteiger partial charge is 0.326 e. The molecule has 0 amide bonds. The minimum absolute atomic E-state index is 0.111. The van der Waals surface area contributed by atoms with E-state index in [1.165, 1.54) is 7.11 Å². The Balaban J connectivity index is 2.43. The summed E-state index contributed by atoms with van der Waals surface area (Å²) >= 11 is 3.29. The zero-order valence-electron chi connectivity index (χ0n) is 11.4. The van der Waals surface area contributed by atoms with Crippen LogP contribution in [0.3, 0.4) is 0 Å². The number of carboxylic acids is 1. The molecule has 2 rings (SSSR count). The van der Waals surface area contributed by atoms with Crippen LogP contribution in [0.4, 0.5) is 11.5 Å². The Morgan fingerprint density at radius 1 is 1.67 bits per heavy atom. The summed E-state index contributed by atoms with van der Waals surface area (Å²) < 4.78 is 5.65. The lowest BCUT2D eigenvalue weighted by Crippen LogP contribution is -2.36. The number of carboxylic acid groups (broad SMARTS) is 1. The van der Waals surface area contributed by atoms with E-state index in [0.29, 0.717) is 28.8 Å². The maximum Gasteiger partial charge on any atom is 0.326 e. The first kappa shape index (κ1) is 15.6. The lowest BCUT2D eigenvalue weighted by Gasteiger charge is -2.23. The van der Waals surface area contributed by atoms with Gasteiger partial charge in [0.2, 0.25) is 0 Å². The molecule has 1 aromatic heterocycles. The van der Waals surface area contributed by atoms with Gasteiger partial charge in [0, 0.05) is 25.6 Å². The highest BCUT2D eigenvalue weighted by atomic mass is 79.9. The van der Waals surface area contributed by atoms with E-state index in [2.05, 4.69) is 20.9 Å². The van der Waals surface area contributed by atoms with Crippen molar-refractivity contribution in [2.75, 3.05) is 18.6 Å². The van der Waals surface area contributed by atoms with Crippen molar-refractivity contribution in [1.29, 1.82) is 0 Å². The molecule has 21 heavy (non-hydrogen) atoms. The summed E-state index contributed by atoms with van der Waals surface area (Å²) in [5, 5.41) is 20.2. The lowest BCUT2D eigenvalue weighted by atomic mass is 10.2. The van der Waals surface area contributed by atoms with E-state index < -0.39 is 16.9 Å². The van der Waals surface area contributed by atoms with Gasteiger partial charge < -0.3 is 14.7 Å². The number of aromatic nitrogens is 1. The van der Waals surface area contributed by atoms with Gasteiger partial charge in [0.05, 0.1) is 15.5 Å². The fourth-order valence-electron chi connectivity index (χ4n) is 2.38. The molecule has 0 bridgehead atoms. The number of hydrogen-bond donors (Lipinski definition) is 1. The van der Waals surface area contributed by atoms with Crippen LogP contribution in [0.25, 0.3) is 0 Å². The van der Waals surface area contributed by atoms with E-state index >= 15 is 0 Å². The van der Waals surface area contributed by atoms with E-state index in [1.807, 2.05) is 0 Å². The summed E-state index contributed by atoms with van der Waals surface area (Å²) in [6.45, 7) is 1.96. The van der Waals surface area contributed by atoms with Crippen LogP contribution in [0.15, 0.2) is 10.7 Å². The number of rotatable bonds is 4. The molecule has 2 unspecified atom stereocenters. The highest BCUT2D eigenvalue weighted by Gasteiger charge is 2.39. The van der Waals surface area contributed by atoms with E-state index in [4.69, 9.17) is 4.74 Å². The Bertz CT molecular complexity index is 595. The van der Waals surface area contributed by atoms with Crippen molar-refractivity contribution >= 4 is 33.4 Å². The van der Waals surface area contributed by atoms with E-state index in [1.54, 1.807) is 11.8 Å². The summed E-state index contributed by atoms with van der Waals surface area (Å²) in [5.41, 5.74) is 0.301. The fourth-order valence-corrected chi connectivity index (χ4v) is 2.91. The Labute approximate surface area is 129 Å². The van der Waals surface area contributed by atoms with Gasteiger partial charge in [-0.25, -0.2) is 9.78 Å². The lowest BCUT2D eigenvalue weighted by molar-refractivity contribution is -0.385. The van der Waals surface area contributed by atoms with Crippen molar-refractivity contribution in [2.24, 2.45) is 0 Å². The van der Waals surface area contributed by atoms with Crippen LogP contribution < -0.4 is 4.90 Å². The molecule has 114 valence electrons. The number of nitro groups is 1. The van der Waals surface area contributed by atoms with E-state index in [0.717, 1.165) is 6.20 Å². The molecule has 0 saturated carbocycles. The van der Waals surface area contributed by atoms with Crippen LogP contribution in [-0.4, -0.2) is 46.8 Å². The fraction of sp³-hybridized carbons (Fsp3) is 0.500. The summed E-state index contributed by atoms with van der Waals surface area (Å²) in [4.78, 5) is 27.4. The van der Waals surface area contributed by atoms with Gasteiger partial charge in [-0.05, 0) is 22.9 Å². The number of aliphatic carboxylic acids is 1. The number of halogens is 1. The number of methoxy groups -OCH3 is 1. The largest absolute Gasteiger partial charge is 0.480 e. The average Bonchev–Trinajstić information content (AvgIpc) is 2.85. The van der Waals surface area contributed by atoms with Gasteiger partial charge in [-0.2, -0.15) is 0 Å². The predicted molar refractivity (Wildman–Crippen MR) is 77.5 cm³/mol. The van der Waals surface area contributed by atoms with Crippen LogP contribution in [0.2, 0.25) is 0 Å². The van der Waals surface area contributed by atoms with E-state index in [9.17, 15) is 20.0 Å². The summed E-state index contributed by atoms with van der Waals surface area (Å²) in [5.74, 6) is -0.593. The highest BCUT2D eigenvalue weighted by molar-refractivity contribution is 9.10. The zero-order valence-corrected chi connectivity index (χ0v) is 13.0. The predicted octanol–water partition coefficient (Wildman–Crippen LogP) is 1.74. The molecule has 9 heteroatoms. The number of anilines is 1. The third-order valence-electron chi connectivity index (χ3n) is 3.57. The number of nitrogens with zero attached hydrogens (tertiary/aromatic N) is 3. The molecule has 0 spiro atoms. The topological polar surface area (TPSA) is 106 Å². The van der Waals surface area contributed by atoms with Crippen LogP contribution in [0.1, 0.15) is 12.0 Å². The molecule has 2 atom stereocenters. The highest BCUT2D eigenvalue weighted by Crippen LogP contribution is 2.36. The first-order valence-electron chi connectivity index (χ1n) is 6.18. The SMILES string of the molecule is COC1CC(C(=O)O)N(c2ncc([N+](=O)[O-])c(C)c2Br)C1. The standard InChI is InChI=1S/C12H14BrN3O5/c1-6-9(16(19)20)4-14-11(10(6)13)15-5-7(21-2)3-8(15)12(17)18/h4,7-8H,3,5H2,1-2H3,(H,17,18). The normalized spacial score (nSPS) is 21.6. The summed E-state index contributed by atoms with van der Waals surface area (Å²) in [7, 11) is 1.52. The Kier molecular flexibility index (Phi) is 4.43. The van der Waals surface area contributed by atoms with Gasteiger partial charge in [0.1, 0.15) is 18.1 Å². The molecule has 1 aromatic rings. The van der Waals surface area contributed by atoms with Gasteiger partial charge in [-0.15, -0.1) is 0 Å². The van der Waals surface area contributed by atoms with Crippen molar-refractivity contribution in [3.05, 3.63) is 26.3 Å². The van der Waals surface area contributed by atoms with Gasteiger partial charge in [-0.3, -0.25) is 10.1 Å². The molecule has 1 fully saturated rings. The van der Waals surface area contributed by atoms with Crippen LogP contribution in [-0.2, 0) is 9.53 Å². The second-order valence-electron chi connectivity index (χ2n) is 4.76. The maximum absolute atomic E-state index is 11.4. The monoisotopic (exact) mass is 359 g/mol. The Morgan fingerprint density at radius 2 is 2.33 bits per heavy atom. The quantitative estimate of drug-likeness (QED) is 0.644. The van der Waals surface area contributed by atoms with Crippen molar-refractivity contribution in [3.63, 3.8) is 0 Å². The second-order valence-corrected chi connectivity index (χ2v) is 5.56. The number of hydrogen-bond acceptors (Lipinski definition) is 6. The Hall–Kier alpha value is -1.74. The molecule has 0 radical (unpaired) electrons. The molecular formula is C12H14BrN3O5. The Morgan fingerprint density at radius 3 is 2.86 bits per heavy atom. The minimum Gasteiger partial charge on any atom is -0.480 e. The molecule has 1 saturated heterocycles. The maximum atomic E-state index is 11.4. The molecule has 0 aromatic carbocycles. The third-order valence-corrected chi connectivity index (χ3v) is 4.52. The van der Waals surface area contributed by atoms with Gasteiger partial charge in [0.25, 0.3) is 5.69 Å². The molecule has 0 aliphatic carbocycles. The van der Waals surface area contributed by atoms with Crippen molar-refractivity contribution < 1.29 is 19.6 Å². The molecule has 1 N–H and O–H groups in total. The van der Waals surface area contributed by atoms with Crippen LogP contribution in [0.5, 0.6) is 0 Å². The van der Waals surface area contributed by atoms with Crippen molar-refractivity contribution in [3.8, 4) is 0 Å². The zero-order chi connectivity index (χ0) is 15.7. The van der Waals surface area contributed by atoms with Gasteiger partial charge in [-0.1, -0.05) is 0 Å². The summed E-state index contributed by atoms with van der Waals surface area (Å²) in [6, 6.07) is -0.764. The molecule has 1 aliphatic rings. The number of pyridine rings is 1. The first-order valence-corrected chi connectivity index (χ1v) is 6.97. The number of carbonyl (C=O) groups is 1. The minimum atomic E-state index is -0.973. The van der Waals surface area contributed by atoms with Crippen molar-refractivity contribution in [1.82, 2.24) is 4.98 Å². The van der Waals surface area contributed by atoms with Crippen LogP contribution >= 0.6 is 15.9 Å². The second kappa shape index (κ2) is 5.94. The average molecular weight is 360 g/mol. The first-order chi connectivity index (χ1) is 9.86. The van der Waals surface area contributed by atoms with Gasteiger partial charge in [0.15, 0.2) is 0 Å². The molecule has 1 aliphatic heterocycles. The molecule has 8 nitrogen and oxygen atoms in total. The summed E-state index contributed by atoms with van der Waals surface area (Å²) in [6.07, 6.45) is 1.28. The van der Waals surface area contributed by atoms with E-state index in [-0.39, 0.29) is 11.8 Å². The van der Waals surface area contributed by atoms with Gasteiger partial charge >= 0.3 is 5.97 Å². The number of ether oxygens (including phenoxy) is 1.